The minimum absolute atomic E-state index is 0.0309. The molecule has 0 N–H and O–H groups in total. The normalized spacial score (nSPS) is 18.7. The first kappa shape index (κ1) is 20.8. The molecular formula is C19H21Cl2NO3S2. The zero-order valence-corrected chi connectivity index (χ0v) is 18.3. The minimum atomic E-state index is -2.98. The van der Waals surface area contributed by atoms with Gasteiger partial charge in [0.25, 0.3) is 0 Å². The average molecular weight is 446 g/mol. The van der Waals surface area contributed by atoms with Crippen LogP contribution in [0.15, 0.2) is 24.3 Å². The van der Waals surface area contributed by atoms with Crippen LogP contribution in [0.5, 0.6) is 0 Å². The highest BCUT2D eigenvalue weighted by Crippen LogP contribution is 2.31. The van der Waals surface area contributed by atoms with Crippen molar-refractivity contribution < 1.29 is 13.2 Å². The van der Waals surface area contributed by atoms with Crippen LogP contribution in [-0.2, 0) is 15.6 Å². The number of aryl methyl sites for hydroxylation is 1. The van der Waals surface area contributed by atoms with Crippen molar-refractivity contribution >= 4 is 50.6 Å². The van der Waals surface area contributed by atoms with Gasteiger partial charge in [-0.1, -0.05) is 29.3 Å². The summed E-state index contributed by atoms with van der Waals surface area (Å²) in [5.41, 5.74) is 3.27. The van der Waals surface area contributed by atoms with Crippen LogP contribution in [0.4, 0.5) is 0 Å². The molecule has 4 nitrogen and oxygen atoms in total. The molecule has 0 amide bonds. The number of rotatable bonds is 6. The van der Waals surface area contributed by atoms with Gasteiger partial charge in [0.05, 0.1) is 17.3 Å². The van der Waals surface area contributed by atoms with E-state index in [9.17, 15) is 13.2 Å². The lowest BCUT2D eigenvalue weighted by Gasteiger charge is -2.16. The number of nitrogens with zero attached hydrogens (tertiary/aromatic N) is 1. The number of Topliss-reactive ketones (excluding diaryl/α,β-unsaturated/α-hetero) is 1. The number of ketones is 1. The fourth-order valence-electron chi connectivity index (χ4n) is 3.59. The molecule has 3 rings (SSSR count). The topological polar surface area (TPSA) is 56.1 Å². The second-order valence-corrected chi connectivity index (χ2v) is 10.9. The van der Waals surface area contributed by atoms with Gasteiger partial charge in [-0.3, -0.25) is 4.79 Å². The molecule has 8 heteroatoms. The predicted octanol–water partition coefficient (Wildman–Crippen LogP) is 4.89. The van der Waals surface area contributed by atoms with Crippen LogP contribution in [0.3, 0.4) is 0 Å². The van der Waals surface area contributed by atoms with Gasteiger partial charge < -0.3 is 4.57 Å². The van der Waals surface area contributed by atoms with Gasteiger partial charge in [-0.05, 0) is 44.0 Å². The third-order valence-electron chi connectivity index (χ3n) is 4.90. The molecule has 0 saturated carbocycles. The van der Waals surface area contributed by atoms with Gasteiger partial charge in [0, 0.05) is 38.8 Å². The molecule has 0 bridgehead atoms. The Bertz CT molecular complexity index is 963. The van der Waals surface area contributed by atoms with Crippen LogP contribution in [-0.4, -0.2) is 36.0 Å². The van der Waals surface area contributed by atoms with Crippen LogP contribution < -0.4 is 0 Å². The molecule has 1 aromatic carbocycles. The van der Waals surface area contributed by atoms with E-state index in [1.54, 1.807) is 18.2 Å². The lowest BCUT2D eigenvalue weighted by atomic mass is 10.2. The fraction of sp³-hybridized carbons (Fsp3) is 0.421. The van der Waals surface area contributed by atoms with Gasteiger partial charge in [-0.15, -0.1) is 11.8 Å². The molecule has 0 spiro atoms. The van der Waals surface area contributed by atoms with Gasteiger partial charge >= 0.3 is 0 Å². The summed E-state index contributed by atoms with van der Waals surface area (Å²) in [6.07, 6.45) is 0.603. The monoisotopic (exact) mass is 445 g/mol. The number of carbonyl (C=O) groups is 1. The van der Waals surface area contributed by atoms with Crippen LogP contribution in [0.2, 0.25) is 10.0 Å². The van der Waals surface area contributed by atoms with E-state index in [4.69, 9.17) is 23.2 Å². The van der Waals surface area contributed by atoms with Gasteiger partial charge in [0.1, 0.15) is 0 Å². The summed E-state index contributed by atoms with van der Waals surface area (Å²) in [4.78, 5) is 12.7. The summed E-state index contributed by atoms with van der Waals surface area (Å²) in [7, 11) is -2.98. The SMILES string of the molecule is Cc1cc(C(=O)CSCc2c(Cl)cccc2Cl)c(C)n1C1CCS(=O)(=O)C1. The fourth-order valence-corrected chi connectivity index (χ4v) is 6.94. The minimum Gasteiger partial charge on any atom is -0.344 e. The molecule has 2 heterocycles. The number of carbonyl (C=O) groups excluding carboxylic acids is 1. The van der Waals surface area contributed by atoms with Crippen molar-refractivity contribution in [2.75, 3.05) is 17.3 Å². The Kier molecular flexibility index (Phi) is 6.31. The highest BCUT2D eigenvalue weighted by Gasteiger charge is 2.31. The van der Waals surface area contributed by atoms with E-state index in [2.05, 4.69) is 0 Å². The number of thioether (sulfide) groups is 1. The molecule has 1 aromatic heterocycles. The van der Waals surface area contributed by atoms with Crippen molar-refractivity contribution in [1.82, 2.24) is 4.57 Å². The van der Waals surface area contributed by atoms with Gasteiger partial charge in [-0.2, -0.15) is 0 Å². The molecule has 1 saturated heterocycles. The second-order valence-electron chi connectivity index (χ2n) is 6.83. The van der Waals surface area contributed by atoms with Gasteiger partial charge in [0.2, 0.25) is 0 Å². The number of hydrogen-bond donors (Lipinski definition) is 0. The smallest absolute Gasteiger partial charge is 0.174 e. The summed E-state index contributed by atoms with van der Waals surface area (Å²) < 4.78 is 25.6. The van der Waals surface area contributed by atoms with E-state index in [0.717, 1.165) is 17.0 Å². The number of halogens is 2. The number of aromatic nitrogens is 1. The second kappa shape index (κ2) is 8.19. The largest absolute Gasteiger partial charge is 0.344 e. The van der Waals surface area contributed by atoms with Crippen molar-refractivity contribution in [3.05, 3.63) is 56.8 Å². The van der Waals surface area contributed by atoms with Crippen molar-refractivity contribution in [3.8, 4) is 0 Å². The van der Waals surface area contributed by atoms with E-state index < -0.39 is 9.84 Å². The summed E-state index contributed by atoms with van der Waals surface area (Å²) in [5, 5.41) is 1.20. The Morgan fingerprint density at radius 1 is 1.26 bits per heavy atom. The summed E-state index contributed by atoms with van der Waals surface area (Å²) in [6.45, 7) is 3.81. The maximum atomic E-state index is 12.7. The van der Waals surface area contributed by atoms with Crippen LogP contribution in [0.1, 0.15) is 39.8 Å². The summed E-state index contributed by atoms with van der Waals surface area (Å²) >= 11 is 13.8. The molecule has 146 valence electrons. The van der Waals surface area contributed by atoms with Crippen molar-refractivity contribution in [2.45, 2.75) is 32.1 Å². The summed E-state index contributed by atoms with van der Waals surface area (Å²) in [5.74, 6) is 1.27. The lowest BCUT2D eigenvalue weighted by Crippen LogP contribution is -2.14. The van der Waals surface area contributed by atoms with Gasteiger partial charge in [-0.25, -0.2) is 8.42 Å². The molecule has 0 radical (unpaired) electrons. The molecule has 0 aliphatic carbocycles. The maximum Gasteiger partial charge on any atom is 0.174 e. The molecule has 1 fully saturated rings. The first-order valence-electron chi connectivity index (χ1n) is 8.62. The third kappa shape index (κ3) is 4.56. The third-order valence-corrected chi connectivity index (χ3v) is 8.32. The van der Waals surface area contributed by atoms with Crippen molar-refractivity contribution in [3.63, 3.8) is 0 Å². The summed E-state index contributed by atoms with van der Waals surface area (Å²) in [6, 6.07) is 7.16. The van der Waals surface area contributed by atoms with Crippen LogP contribution in [0, 0.1) is 13.8 Å². The van der Waals surface area contributed by atoms with E-state index in [0.29, 0.717) is 33.5 Å². The molecule has 1 atom stereocenters. The Balaban J connectivity index is 1.70. The van der Waals surface area contributed by atoms with Gasteiger partial charge in [0.15, 0.2) is 15.6 Å². The molecule has 27 heavy (non-hydrogen) atoms. The average Bonchev–Trinajstić information content (AvgIpc) is 3.08. The van der Waals surface area contributed by atoms with Crippen molar-refractivity contribution in [2.24, 2.45) is 0 Å². The number of sulfone groups is 1. The highest BCUT2D eigenvalue weighted by molar-refractivity contribution is 7.99. The highest BCUT2D eigenvalue weighted by atomic mass is 35.5. The Hall–Kier alpha value is -0.950. The Morgan fingerprint density at radius 2 is 1.93 bits per heavy atom. The van der Waals surface area contributed by atoms with E-state index in [1.807, 2.05) is 24.5 Å². The van der Waals surface area contributed by atoms with Crippen LogP contribution >= 0.6 is 35.0 Å². The molecule has 2 aromatic rings. The standard InChI is InChI=1S/C19H21Cl2NO3S2/c1-12-8-15(13(2)22(12)14-6-7-27(24,25)11-14)19(23)10-26-9-16-17(20)4-3-5-18(16)21/h3-5,8,14H,6-7,9-11H2,1-2H3. The number of hydrogen-bond acceptors (Lipinski definition) is 4. The Morgan fingerprint density at radius 3 is 2.52 bits per heavy atom. The predicted molar refractivity (Wildman–Crippen MR) is 113 cm³/mol. The Labute approximate surface area is 174 Å². The van der Waals surface area contributed by atoms with Crippen molar-refractivity contribution in [1.29, 1.82) is 0 Å². The molecular weight excluding hydrogens is 425 g/mol. The number of benzene rings is 1. The first-order valence-corrected chi connectivity index (χ1v) is 12.4. The van der Waals surface area contributed by atoms with E-state index >= 15 is 0 Å². The van der Waals surface area contributed by atoms with Crippen LogP contribution in [0.25, 0.3) is 0 Å². The lowest BCUT2D eigenvalue weighted by molar-refractivity contribution is 0.102. The molecule has 1 aliphatic rings. The van der Waals surface area contributed by atoms with E-state index in [-0.39, 0.29) is 23.3 Å². The molecule has 1 aliphatic heterocycles. The zero-order valence-electron chi connectivity index (χ0n) is 15.2. The maximum absolute atomic E-state index is 12.7. The molecule has 1 unspecified atom stereocenters. The van der Waals surface area contributed by atoms with E-state index in [1.165, 1.54) is 11.8 Å². The first-order chi connectivity index (χ1) is 12.7. The quantitative estimate of drug-likeness (QED) is 0.593. The zero-order chi connectivity index (χ0) is 19.8.